The summed E-state index contributed by atoms with van der Waals surface area (Å²) in [6.45, 7) is 4.73. The van der Waals surface area contributed by atoms with E-state index in [-0.39, 0.29) is 31.0 Å². The Kier molecular flexibility index (Phi) is 8.79. The van der Waals surface area contributed by atoms with E-state index in [1.165, 1.54) is 6.07 Å². The van der Waals surface area contributed by atoms with Crippen molar-refractivity contribution in [3.05, 3.63) is 59.7 Å². The number of anilines is 1. The summed E-state index contributed by atoms with van der Waals surface area (Å²) in [7, 11) is -3.72. The number of amides is 1. The summed E-state index contributed by atoms with van der Waals surface area (Å²) in [6, 6.07) is 10.6. The fourth-order valence-electron chi connectivity index (χ4n) is 3.04. The van der Waals surface area contributed by atoms with Crippen LogP contribution < -0.4 is 14.4 Å². The lowest BCUT2D eigenvalue weighted by atomic mass is 10.0. The molecule has 0 aromatic heterocycles. The number of ether oxygens (including phenoxy) is 1. The van der Waals surface area contributed by atoms with Gasteiger partial charge in [-0.15, -0.1) is 0 Å². The fourth-order valence-corrected chi connectivity index (χ4v) is 4.00. The van der Waals surface area contributed by atoms with Gasteiger partial charge in [0, 0.05) is 19.0 Å². The number of nitrogens with one attached hydrogen (secondary N) is 1. The van der Waals surface area contributed by atoms with E-state index in [0.29, 0.717) is 19.1 Å². The summed E-state index contributed by atoms with van der Waals surface area (Å²) in [5, 5.41) is 2.73. The standard InChI is InChI=1S/C22H28F2N2O4S/c1-16(2)18-7-4-5-8-21(18)30-14-12-25-22(27)9-6-13-26(31(3,28)29)17-10-11-19(23)20(24)15-17/h4-5,7-8,10-11,15-16H,6,9,12-14H2,1-3H3,(H,25,27). The maximum Gasteiger partial charge on any atom is 0.232 e. The van der Waals surface area contributed by atoms with Gasteiger partial charge in [-0.05, 0) is 36.1 Å². The first kappa shape index (κ1) is 24.6. The molecule has 2 rings (SSSR count). The van der Waals surface area contributed by atoms with E-state index in [4.69, 9.17) is 4.74 Å². The topological polar surface area (TPSA) is 75.7 Å². The SMILES string of the molecule is CC(C)c1ccccc1OCCNC(=O)CCCN(c1ccc(F)c(F)c1)S(C)(=O)=O. The lowest BCUT2D eigenvalue weighted by molar-refractivity contribution is -0.121. The van der Waals surface area contributed by atoms with E-state index < -0.39 is 21.7 Å². The maximum absolute atomic E-state index is 13.5. The highest BCUT2D eigenvalue weighted by Gasteiger charge is 2.19. The Morgan fingerprint density at radius 3 is 2.48 bits per heavy atom. The molecule has 0 saturated heterocycles. The second kappa shape index (κ2) is 11.1. The molecule has 9 heteroatoms. The molecule has 0 radical (unpaired) electrons. The number of nitrogens with zero attached hydrogens (tertiary/aromatic N) is 1. The normalized spacial score (nSPS) is 11.4. The molecule has 0 bridgehead atoms. The zero-order valence-corrected chi connectivity index (χ0v) is 18.7. The summed E-state index contributed by atoms with van der Waals surface area (Å²) in [6.07, 6.45) is 1.27. The van der Waals surface area contributed by atoms with Gasteiger partial charge in [-0.2, -0.15) is 0 Å². The highest BCUT2D eigenvalue weighted by Crippen LogP contribution is 2.25. The Balaban J connectivity index is 1.80. The smallest absolute Gasteiger partial charge is 0.232 e. The molecule has 170 valence electrons. The van der Waals surface area contributed by atoms with Crippen molar-refractivity contribution < 1.29 is 26.7 Å². The number of carbonyl (C=O) groups is 1. The third-order valence-corrected chi connectivity index (χ3v) is 5.77. The Bertz CT molecular complexity index is 997. The molecule has 2 aromatic carbocycles. The zero-order chi connectivity index (χ0) is 23.0. The van der Waals surface area contributed by atoms with Crippen molar-refractivity contribution in [1.82, 2.24) is 5.32 Å². The van der Waals surface area contributed by atoms with Crippen LogP contribution in [0.4, 0.5) is 14.5 Å². The molecular weight excluding hydrogens is 426 g/mol. The van der Waals surface area contributed by atoms with Gasteiger partial charge in [0.05, 0.1) is 18.5 Å². The summed E-state index contributed by atoms with van der Waals surface area (Å²) in [5.74, 6) is -1.35. The van der Waals surface area contributed by atoms with Crippen LogP contribution in [0.5, 0.6) is 5.75 Å². The van der Waals surface area contributed by atoms with Gasteiger partial charge in [-0.25, -0.2) is 17.2 Å². The van der Waals surface area contributed by atoms with Crippen LogP contribution in [0.25, 0.3) is 0 Å². The number of benzene rings is 2. The molecule has 2 aromatic rings. The van der Waals surface area contributed by atoms with Gasteiger partial charge in [-0.3, -0.25) is 9.10 Å². The Morgan fingerprint density at radius 1 is 1.13 bits per heavy atom. The van der Waals surface area contributed by atoms with E-state index in [2.05, 4.69) is 19.2 Å². The van der Waals surface area contributed by atoms with Crippen LogP contribution in [0.2, 0.25) is 0 Å². The summed E-state index contributed by atoms with van der Waals surface area (Å²) >= 11 is 0. The first-order chi connectivity index (χ1) is 14.6. The minimum Gasteiger partial charge on any atom is -0.491 e. The van der Waals surface area contributed by atoms with E-state index >= 15 is 0 Å². The molecule has 1 N–H and O–H groups in total. The molecule has 0 aliphatic rings. The van der Waals surface area contributed by atoms with Crippen LogP contribution in [0, 0.1) is 11.6 Å². The minimum atomic E-state index is -3.72. The van der Waals surface area contributed by atoms with Crippen molar-refractivity contribution in [2.24, 2.45) is 0 Å². The predicted molar refractivity (Wildman–Crippen MR) is 117 cm³/mol. The average Bonchev–Trinajstić information content (AvgIpc) is 2.70. The predicted octanol–water partition coefficient (Wildman–Crippen LogP) is 3.83. The Morgan fingerprint density at radius 2 is 1.84 bits per heavy atom. The monoisotopic (exact) mass is 454 g/mol. The number of carbonyl (C=O) groups excluding carboxylic acids is 1. The van der Waals surface area contributed by atoms with Gasteiger partial charge in [0.2, 0.25) is 15.9 Å². The van der Waals surface area contributed by atoms with Crippen LogP contribution in [0.3, 0.4) is 0 Å². The van der Waals surface area contributed by atoms with Crippen molar-refractivity contribution in [1.29, 1.82) is 0 Å². The van der Waals surface area contributed by atoms with Gasteiger partial charge in [0.15, 0.2) is 11.6 Å². The summed E-state index contributed by atoms with van der Waals surface area (Å²) in [5.41, 5.74) is 1.10. The van der Waals surface area contributed by atoms with Crippen LogP contribution in [-0.2, 0) is 14.8 Å². The molecule has 0 atom stereocenters. The van der Waals surface area contributed by atoms with E-state index in [0.717, 1.165) is 34.0 Å². The first-order valence-corrected chi connectivity index (χ1v) is 11.9. The molecular formula is C22H28F2N2O4S. The molecule has 0 saturated carbocycles. The van der Waals surface area contributed by atoms with Gasteiger partial charge in [0.25, 0.3) is 0 Å². The van der Waals surface area contributed by atoms with Gasteiger partial charge in [0.1, 0.15) is 12.4 Å². The highest BCUT2D eigenvalue weighted by molar-refractivity contribution is 7.92. The van der Waals surface area contributed by atoms with E-state index in [1.807, 2.05) is 24.3 Å². The summed E-state index contributed by atoms with van der Waals surface area (Å²) < 4.78 is 57.3. The molecule has 6 nitrogen and oxygen atoms in total. The average molecular weight is 455 g/mol. The molecule has 0 heterocycles. The lowest BCUT2D eigenvalue weighted by Crippen LogP contribution is -2.33. The molecule has 31 heavy (non-hydrogen) atoms. The van der Waals surface area contributed by atoms with Crippen molar-refractivity contribution in [2.45, 2.75) is 32.6 Å². The minimum absolute atomic E-state index is 0.0130. The third-order valence-electron chi connectivity index (χ3n) is 4.58. The van der Waals surface area contributed by atoms with Crippen LogP contribution in [0.15, 0.2) is 42.5 Å². The number of hydrogen-bond acceptors (Lipinski definition) is 4. The maximum atomic E-state index is 13.5. The van der Waals surface area contributed by atoms with Crippen molar-refractivity contribution in [3.8, 4) is 5.75 Å². The number of sulfonamides is 1. The van der Waals surface area contributed by atoms with Crippen molar-refractivity contribution >= 4 is 21.6 Å². The van der Waals surface area contributed by atoms with E-state index in [9.17, 15) is 22.0 Å². The van der Waals surface area contributed by atoms with Crippen LogP contribution >= 0.6 is 0 Å². The van der Waals surface area contributed by atoms with Gasteiger partial charge < -0.3 is 10.1 Å². The second-order valence-electron chi connectivity index (χ2n) is 7.43. The molecule has 0 fully saturated rings. The Hall–Kier alpha value is -2.68. The Labute approximate surface area is 182 Å². The van der Waals surface area contributed by atoms with Crippen LogP contribution in [-0.4, -0.2) is 40.3 Å². The number of halogens is 2. The summed E-state index contributed by atoms with van der Waals surface area (Å²) in [4.78, 5) is 12.1. The van der Waals surface area contributed by atoms with E-state index in [1.54, 1.807) is 0 Å². The number of para-hydroxylation sites is 1. The van der Waals surface area contributed by atoms with Crippen molar-refractivity contribution in [3.63, 3.8) is 0 Å². The quantitative estimate of drug-likeness (QED) is 0.524. The highest BCUT2D eigenvalue weighted by atomic mass is 32.2. The zero-order valence-electron chi connectivity index (χ0n) is 17.9. The van der Waals surface area contributed by atoms with Crippen LogP contribution in [0.1, 0.15) is 38.2 Å². The largest absolute Gasteiger partial charge is 0.491 e. The molecule has 0 aliphatic heterocycles. The first-order valence-electron chi connectivity index (χ1n) is 10.0. The molecule has 1 amide bonds. The molecule has 0 unspecified atom stereocenters. The lowest BCUT2D eigenvalue weighted by Gasteiger charge is -2.22. The number of rotatable bonds is 11. The van der Waals surface area contributed by atoms with Gasteiger partial charge >= 0.3 is 0 Å². The number of hydrogen-bond donors (Lipinski definition) is 1. The van der Waals surface area contributed by atoms with Crippen molar-refractivity contribution in [2.75, 3.05) is 30.3 Å². The van der Waals surface area contributed by atoms with Gasteiger partial charge in [-0.1, -0.05) is 32.0 Å². The second-order valence-corrected chi connectivity index (χ2v) is 9.33. The molecule has 0 spiro atoms. The molecule has 0 aliphatic carbocycles. The fraction of sp³-hybridized carbons (Fsp3) is 0.409. The third kappa shape index (κ3) is 7.50.